The van der Waals surface area contributed by atoms with Gasteiger partial charge >= 0.3 is 12.0 Å². The van der Waals surface area contributed by atoms with Crippen LogP contribution < -0.4 is 20.9 Å². The van der Waals surface area contributed by atoms with Gasteiger partial charge in [-0.2, -0.15) is 0 Å². The van der Waals surface area contributed by atoms with Crippen LogP contribution in [-0.2, 0) is 9.63 Å². The molecule has 11 nitrogen and oxygen atoms in total. The summed E-state index contributed by atoms with van der Waals surface area (Å²) in [5.41, 5.74) is 2.84. The van der Waals surface area contributed by atoms with E-state index in [0.717, 1.165) is 15.8 Å². The lowest BCUT2D eigenvalue weighted by molar-refractivity contribution is -0.158. The van der Waals surface area contributed by atoms with Gasteiger partial charge in [0, 0.05) is 36.8 Å². The highest BCUT2D eigenvalue weighted by molar-refractivity contribution is 7.17. The summed E-state index contributed by atoms with van der Waals surface area (Å²) in [7, 11) is 1.47. The van der Waals surface area contributed by atoms with E-state index in [1.165, 1.54) is 18.4 Å². The lowest BCUT2D eigenvalue weighted by atomic mass is 9.65. The van der Waals surface area contributed by atoms with Gasteiger partial charge < -0.3 is 25.5 Å². The van der Waals surface area contributed by atoms with Gasteiger partial charge in [-0.05, 0) is 44.5 Å². The van der Waals surface area contributed by atoms with Crippen LogP contribution in [0.2, 0.25) is 0 Å². The third kappa shape index (κ3) is 4.42. The molecule has 2 aliphatic rings. The zero-order valence-electron chi connectivity index (χ0n) is 20.5. The first-order valence-electron chi connectivity index (χ1n) is 11.9. The Bertz CT molecular complexity index is 1210. The van der Waals surface area contributed by atoms with E-state index in [0.29, 0.717) is 38.2 Å². The third-order valence-corrected chi connectivity index (χ3v) is 7.81. The number of carbonyl (C=O) groups excluding carboxylic acids is 1. The molecule has 0 spiro atoms. The van der Waals surface area contributed by atoms with Crippen molar-refractivity contribution in [3.63, 3.8) is 0 Å². The number of thiazole rings is 1. The molecule has 1 fully saturated rings. The van der Waals surface area contributed by atoms with Crippen LogP contribution in [0.1, 0.15) is 32.3 Å². The van der Waals surface area contributed by atoms with Crippen molar-refractivity contribution >= 4 is 51.7 Å². The van der Waals surface area contributed by atoms with Crippen LogP contribution in [0.25, 0.3) is 10.2 Å². The third-order valence-electron chi connectivity index (χ3n) is 6.92. The minimum absolute atomic E-state index is 0.352. The number of carboxylic acids is 1. The predicted molar refractivity (Wildman–Crippen MR) is 141 cm³/mol. The van der Waals surface area contributed by atoms with Gasteiger partial charge in [-0.3, -0.25) is 10.1 Å². The molecule has 0 radical (unpaired) electrons. The van der Waals surface area contributed by atoms with Crippen molar-refractivity contribution in [3.8, 4) is 0 Å². The quantitative estimate of drug-likeness (QED) is 0.314. The Morgan fingerprint density at radius 1 is 1.42 bits per heavy atom. The number of carboxylic acid groups (broad SMARTS) is 1. The molecule has 0 bridgehead atoms. The fourth-order valence-electron chi connectivity index (χ4n) is 5.16. The van der Waals surface area contributed by atoms with E-state index in [4.69, 9.17) is 9.83 Å². The van der Waals surface area contributed by atoms with E-state index in [1.807, 2.05) is 30.9 Å². The van der Waals surface area contributed by atoms with Gasteiger partial charge in [-0.25, -0.2) is 14.8 Å². The number of aliphatic imine (C=N–C) groups is 1. The Balaban J connectivity index is 1.93. The number of rotatable bonds is 8. The molecule has 2 amide bonds. The fourth-order valence-corrected chi connectivity index (χ4v) is 5.91. The fraction of sp³-hybridized carbons (Fsp3) is 0.458. The molecule has 3 atom stereocenters. The van der Waals surface area contributed by atoms with Crippen molar-refractivity contribution in [2.24, 2.45) is 21.5 Å². The van der Waals surface area contributed by atoms with E-state index in [-0.39, 0.29) is 0 Å². The number of oxime groups is 1. The van der Waals surface area contributed by atoms with Crippen molar-refractivity contribution in [3.05, 3.63) is 35.5 Å². The van der Waals surface area contributed by atoms with Crippen LogP contribution in [-0.4, -0.2) is 67.1 Å². The number of hydrogen-bond donors (Lipinski definition) is 4. The molecule has 4 rings (SSSR count). The second-order valence-corrected chi connectivity index (χ2v) is 9.53. The Morgan fingerprint density at radius 3 is 2.97 bits per heavy atom. The number of amides is 2. The Labute approximate surface area is 213 Å². The SMILES string of the molecule is CCNC(=O)NC1(C2CNCCC2(CC)C(=O)O)N=CC=CN1c1cc(/C=N/OC)c2scnc2c1. The van der Waals surface area contributed by atoms with E-state index < -0.39 is 29.1 Å². The van der Waals surface area contributed by atoms with Crippen LogP contribution in [0, 0.1) is 11.3 Å². The number of aromatic nitrogens is 1. The van der Waals surface area contributed by atoms with Crippen molar-refractivity contribution in [2.45, 2.75) is 32.5 Å². The number of benzene rings is 1. The summed E-state index contributed by atoms with van der Waals surface area (Å²) in [6, 6.07) is 3.37. The van der Waals surface area contributed by atoms with E-state index >= 15 is 0 Å². The maximum atomic E-state index is 13.0. The lowest BCUT2D eigenvalue weighted by Crippen LogP contribution is -2.71. The van der Waals surface area contributed by atoms with Crippen molar-refractivity contribution in [1.82, 2.24) is 20.9 Å². The predicted octanol–water partition coefficient (Wildman–Crippen LogP) is 2.74. The van der Waals surface area contributed by atoms with E-state index in [9.17, 15) is 14.7 Å². The average molecular weight is 514 g/mol. The van der Waals surface area contributed by atoms with Crippen LogP contribution in [0.15, 0.2) is 40.1 Å². The number of piperidine rings is 1. The van der Waals surface area contributed by atoms with Gasteiger partial charge in [-0.15, -0.1) is 11.3 Å². The number of carbonyl (C=O) groups is 2. The molecule has 3 unspecified atom stereocenters. The van der Waals surface area contributed by atoms with Gasteiger partial charge in [0.05, 0.1) is 33.3 Å². The number of aliphatic carboxylic acids is 1. The largest absolute Gasteiger partial charge is 0.481 e. The number of urea groups is 1. The molecule has 0 aliphatic carbocycles. The molecule has 192 valence electrons. The molecule has 2 aliphatic heterocycles. The summed E-state index contributed by atoms with van der Waals surface area (Å²) >= 11 is 1.48. The molecule has 1 aromatic heterocycles. The molecule has 4 N–H and O–H groups in total. The Kier molecular flexibility index (Phi) is 7.55. The molecular weight excluding hydrogens is 482 g/mol. The lowest BCUT2D eigenvalue weighted by Gasteiger charge is -2.53. The number of anilines is 1. The normalized spacial score (nSPS) is 25.9. The monoisotopic (exact) mass is 513 g/mol. The maximum absolute atomic E-state index is 13.0. The summed E-state index contributed by atoms with van der Waals surface area (Å²) in [5, 5.41) is 23.6. The number of nitrogens with one attached hydrogen (secondary N) is 3. The molecule has 1 aromatic carbocycles. The van der Waals surface area contributed by atoms with Crippen molar-refractivity contribution in [2.75, 3.05) is 31.6 Å². The van der Waals surface area contributed by atoms with Crippen LogP contribution in [0.5, 0.6) is 0 Å². The molecule has 12 heteroatoms. The second kappa shape index (κ2) is 10.6. The van der Waals surface area contributed by atoms with Gasteiger partial charge in [0.25, 0.3) is 0 Å². The van der Waals surface area contributed by atoms with E-state index in [1.54, 1.807) is 30.2 Å². The van der Waals surface area contributed by atoms with Gasteiger partial charge in [0.2, 0.25) is 5.79 Å². The number of allylic oxidation sites excluding steroid dienone is 1. The van der Waals surface area contributed by atoms with Crippen molar-refractivity contribution in [1.29, 1.82) is 0 Å². The molecule has 3 heterocycles. The van der Waals surface area contributed by atoms with Crippen LogP contribution >= 0.6 is 11.3 Å². The average Bonchev–Trinajstić information content (AvgIpc) is 3.36. The summed E-state index contributed by atoms with van der Waals surface area (Å²) in [6.07, 6.45) is 7.57. The standard InChI is InChI=1S/C24H31N7O4S/c1-4-23(21(32)33)7-9-25-14-19(23)24(30-22(34)26-5-2)28-8-6-10-31(24)17-11-16(13-29-35-3)20-18(12-17)27-15-36-20/h6,8,10-13,15,19,25H,4-5,7,9,14H2,1-3H3,(H,32,33)(H2,26,30,34)/b29-13+. The van der Waals surface area contributed by atoms with Gasteiger partial charge in [0.15, 0.2) is 0 Å². The first-order chi connectivity index (χ1) is 17.4. The van der Waals surface area contributed by atoms with E-state index in [2.05, 4.69) is 26.1 Å². The van der Waals surface area contributed by atoms with Crippen LogP contribution in [0.3, 0.4) is 0 Å². The summed E-state index contributed by atoms with van der Waals surface area (Å²) in [4.78, 5) is 41.8. The first-order valence-corrected chi connectivity index (χ1v) is 12.7. The van der Waals surface area contributed by atoms with Crippen molar-refractivity contribution < 1.29 is 19.5 Å². The topological polar surface area (TPSA) is 141 Å². The zero-order valence-corrected chi connectivity index (χ0v) is 21.3. The summed E-state index contributed by atoms with van der Waals surface area (Å²) < 4.78 is 0.930. The molecule has 2 aromatic rings. The highest BCUT2D eigenvalue weighted by Gasteiger charge is 2.59. The zero-order chi connectivity index (χ0) is 25.8. The summed E-state index contributed by atoms with van der Waals surface area (Å²) in [6.45, 7) is 5.02. The highest BCUT2D eigenvalue weighted by atomic mass is 32.1. The Morgan fingerprint density at radius 2 is 2.25 bits per heavy atom. The summed E-state index contributed by atoms with van der Waals surface area (Å²) in [5.74, 6) is -2.93. The van der Waals surface area contributed by atoms with Gasteiger partial charge in [0.1, 0.15) is 7.11 Å². The molecular formula is C24H31N7O4S. The minimum atomic E-state index is -1.42. The molecule has 0 saturated carbocycles. The van der Waals surface area contributed by atoms with Crippen LogP contribution in [0.4, 0.5) is 10.5 Å². The second-order valence-electron chi connectivity index (χ2n) is 8.67. The number of hydrogen-bond acceptors (Lipinski definition) is 9. The minimum Gasteiger partial charge on any atom is -0.481 e. The number of nitrogens with zero attached hydrogens (tertiary/aromatic N) is 4. The molecule has 1 saturated heterocycles. The highest BCUT2D eigenvalue weighted by Crippen LogP contribution is 2.47. The smallest absolute Gasteiger partial charge is 0.318 e. The van der Waals surface area contributed by atoms with Gasteiger partial charge in [-0.1, -0.05) is 12.1 Å². The Hall–Kier alpha value is -3.51. The number of fused-ring (bicyclic) bond motifs is 1. The maximum Gasteiger partial charge on any atom is 0.318 e. The molecule has 36 heavy (non-hydrogen) atoms. The first kappa shape index (κ1) is 25.6.